The van der Waals surface area contributed by atoms with Crippen LogP contribution in [0.4, 0.5) is 0 Å². The Hall–Kier alpha value is -2.08. The second kappa shape index (κ2) is 5.73. The highest BCUT2D eigenvalue weighted by molar-refractivity contribution is 5.92. The van der Waals surface area contributed by atoms with E-state index in [2.05, 4.69) is 15.3 Å². The normalized spacial score (nSPS) is 14.0. The number of amides is 1. The molecule has 2 aromatic heterocycles. The highest BCUT2D eigenvalue weighted by atomic mass is 16.3. The first kappa shape index (κ1) is 15.3. The van der Waals surface area contributed by atoms with E-state index in [9.17, 15) is 9.90 Å². The molecule has 1 atom stereocenters. The molecule has 0 radical (unpaired) electrons. The molecule has 2 heterocycles. The van der Waals surface area contributed by atoms with Gasteiger partial charge in [0.2, 0.25) is 0 Å². The lowest BCUT2D eigenvalue weighted by atomic mass is 9.96. The maximum atomic E-state index is 12.0. The molecule has 0 fully saturated rings. The lowest BCUT2D eigenvalue weighted by Gasteiger charge is -2.23. The molecule has 1 unspecified atom stereocenters. The molecule has 0 aliphatic carbocycles. The molecule has 6 nitrogen and oxygen atoms in total. The molecule has 21 heavy (non-hydrogen) atoms. The fourth-order valence-electron chi connectivity index (χ4n) is 2.27. The van der Waals surface area contributed by atoms with E-state index in [4.69, 9.17) is 4.42 Å². The van der Waals surface area contributed by atoms with Crippen molar-refractivity contribution in [2.45, 2.75) is 39.7 Å². The summed E-state index contributed by atoms with van der Waals surface area (Å²) in [7, 11) is 0. The third-order valence-electron chi connectivity index (χ3n) is 3.42. The van der Waals surface area contributed by atoms with Crippen LogP contribution in [0.15, 0.2) is 16.7 Å². The first-order chi connectivity index (χ1) is 9.83. The monoisotopic (exact) mass is 291 g/mol. The Bertz CT molecular complexity index is 640. The first-order valence-electron chi connectivity index (χ1n) is 6.95. The van der Waals surface area contributed by atoms with Gasteiger partial charge >= 0.3 is 0 Å². The van der Waals surface area contributed by atoms with E-state index < -0.39 is 5.60 Å². The van der Waals surface area contributed by atoms with Gasteiger partial charge in [0.15, 0.2) is 0 Å². The van der Waals surface area contributed by atoms with E-state index in [-0.39, 0.29) is 12.5 Å². The SMILES string of the molecule is CCc1ncc(C(=O)NCC(C)(O)c2cc(C)oc2C)[nH]1. The molecule has 1 amide bonds. The van der Waals surface area contributed by atoms with Crippen LogP contribution in [0.3, 0.4) is 0 Å². The van der Waals surface area contributed by atoms with Gasteiger partial charge in [-0.3, -0.25) is 4.79 Å². The lowest BCUT2D eigenvalue weighted by Crippen LogP contribution is -2.38. The van der Waals surface area contributed by atoms with Crippen molar-refractivity contribution in [3.63, 3.8) is 0 Å². The van der Waals surface area contributed by atoms with Gasteiger partial charge in [-0.15, -0.1) is 0 Å². The Morgan fingerprint density at radius 2 is 2.24 bits per heavy atom. The maximum absolute atomic E-state index is 12.0. The number of rotatable bonds is 5. The molecular weight excluding hydrogens is 270 g/mol. The van der Waals surface area contributed by atoms with Gasteiger partial charge in [-0.25, -0.2) is 4.98 Å². The van der Waals surface area contributed by atoms with E-state index in [0.29, 0.717) is 17.0 Å². The van der Waals surface area contributed by atoms with E-state index in [1.54, 1.807) is 19.9 Å². The predicted molar refractivity (Wildman–Crippen MR) is 78.1 cm³/mol. The fraction of sp³-hybridized carbons (Fsp3) is 0.467. The molecule has 0 aliphatic heterocycles. The van der Waals surface area contributed by atoms with Gasteiger partial charge in [-0.1, -0.05) is 6.92 Å². The van der Waals surface area contributed by atoms with Crippen molar-refractivity contribution >= 4 is 5.91 Å². The topological polar surface area (TPSA) is 91.2 Å². The van der Waals surface area contributed by atoms with Crippen LogP contribution in [-0.4, -0.2) is 27.5 Å². The number of hydrogen-bond acceptors (Lipinski definition) is 4. The van der Waals surface area contributed by atoms with Crippen molar-refractivity contribution in [2.75, 3.05) is 6.54 Å². The van der Waals surface area contributed by atoms with Gasteiger partial charge in [0, 0.05) is 12.0 Å². The molecule has 0 bridgehead atoms. The molecule has 0 saturated carbocycles. The second-order valence-electron chi connectivity index (χ2n) is 5.38. The summed E-state index contributed by atoms with van der Waals surface area (Å²) in [5.74, 6) is 1.85. The second-order valence-corrected chi connectivity index (χ2v) is 5.38. The van der Waals surface area contributed by atoms with Gasteiger partial charge < -0.3 is 19.8 Å². The minimum Gasteiger partial charge on any atom is -0.466 e. The lowest BCUT2D eigenvalue weighted by molar-refractivity contribution is 0.0513. The summed E-state index contributed by atoms with van der Waals surface area (Å²) in [6.07, 6.45) is 2.23. The van der Waals surface area contributed by atoms with E-state index in [1.165, 1.54) is 6.20 Å². The van der Waals surface area contributed by atoms with Crippen LogP contribution in [0.1, 0.15) is 47.2 Å². The van der Waals surface area contributed by atoms with Gasteiger partial charge in [0.1, 0.15) is 28.6 Å². The Morgan fingerprint density at radius 1 is 1.52 bits per heavy atom. The molecule has 2 aromatic rings. The smallest absolute Gasteiger partial charge is 0.269 e. The van der Waals surface area contributed by atoms with E-state index >= 15 is 0 Å². The summed E-state index contributed by atoms with van der Waals surface area (Å²) in [5.41, 5.74) is -0.118. The van der Waals surface area contributed by atoms with E-state index in [1.807, 2.05) is 13.8 Å². The Labute approximate surface area is 123 Å². The molecule has 0 aliphatic rings. The van der Waals surface area contributed by atoms with Crippen LogP contribution in [0.5, 0.6) is 0 Å². The number of carbonyl (C=O) groups excluding carboxylic acids is 1. The highest BCUT2D eigenvalue weighted by Gasteiger charge is 2.28. The van der Waals surface area contributed by atoms with Crippen LogP contribution in [0.25, 0.3) is 0 Å². The molecule has 2 rings (SSSR count). The average molecular weight is 291 g/mol. The molecule has 3 N–H and O–H groups in total. The number of furan rings is 1. The quantitative estimate of drug-likeness (QED) is 0.783. The number of aliphatic hydroxyl groups is 1. The van der Waals surface area contributed by atoms with Crippen molar-refractivity contribution in [3.05, 3.63) is 40.9 Å². The van der Waals surface area contributed by atoms with Crippen LogP contribution in [-0.2, 0) is 12.0 Å². The Balaban J connectivity index is 2.04. The van der Waals surface area contributed by atoms with Crippen molar-refractivity contribution in [2.24, 2.45) is 0 Å². The number of H-pyrrole nitrogens is 1. The van der Waals surface area contributed by atoms with Crippen LogP contribution >= 0.6 is 0 Å². The molecule has 0 saturated heterocycles. The minimum atomic E-state index is -1.19. The Kier molecular flexibility index (Phi) is 4.18. The van der Waals surface area contributed by atoms with Crippen LogP contribution in [0, 0.1) is 13.8 Å². The summed E-state index contributed by atoms with van der Waals surface area (Å²) in [5, 5.41) is 13.2. The van der Waals surface area contributed by atoms with Crippen molar-refractivity contribution < 1.29 is 14.3 Å². The average Bonchev–Trinajstić information content (AvgIpc) is 3.02. The first-order valence-corrected chi connectivity index (χ1v) is 6.95. The summed E-state index contributed by atoms with van der Waals surface area (Å²) in [6, 6.07) is 1.78. The predicted octanol–water partition coefficient (Wildman–Crippen LogP) is 1.82. The molecular formula is C15H21N3O3. The third-order valence-corrected chi connectivity index (χ3v) is 3.42. The standard InChI is InChI=1S/C15H21N3O3/c1-5-13-16-7-12(18-13)14(19)17-8-15(4,20)11-6-9(2)21-10(11)3/h6-7,20H,5,8H2,1-4H3,(H,16,18)(H,17,19). The molecule has 6 heteroatoms. The number of aryl methyl sites for hydroxylation is 3. The number of nitrogens with zero attached hydrogens (tertiary/aromatic N) is 1. The van der Waals surface area contributed by atoms with Crippen molar-refractivity contribution in [1.29, 1.82) is 0 Å². The van der Waals surface area contributed by atoms with Gasteiger partial charge in [0.05, 0.1) is 12.7 Å². The number of imidazole rings is 1. The van der Waals surface area contributed by atoms with E-state index in [0.717, 1.165) is 18.0 Å². The number of aromatic amines is 1. The zero-order chi connectivity index (χ0) is 15.6. The van der Waals surface area contributed by atoms with Gasteiger partial charge in [0.25, 0.3) is 5.91 Å². The molecule has 0 spiro atoms. The summed E-state index contributed by atoms with van der Waals surface area (Å²) < 4.78 is 5.42. The Morgan fingerprint density at radius 3 is 2.76 bits per heavy atom. The molecule has 0 aromatic carbocycles. The fourth-order valence-corrected chi connectivity index (χ4v) is 2.27. The number of nitrogens with one attached hydrogen (secondary N) is 2. The zero-order valence-electron chi connectivity index (χ0n) is 12.8. The zero-order valence-corrected chi connectivity index (χ0v) is 12.8. The summed E-state index contributed by atoms with van der Waals surface area (Å²) in [4.78, 5) is 19.0. The van der Waals surface area contributed by atoms with Crippen molar-refractivity contribution in [3.8, 4) is 0 Å². The van der Waals surface area contributed by atoms with Crippen molar-refractivity contribution in [1.82, 2.24) is 15.3 Å². The maximum Gasteiger partial charge on any atom is 0.269 e. The van der Waals surface area contributed by atoms with Gasteiger partial charge in [-0.2, -0.15) is 0 Å². The number of hydrogen-bond donors (Lipinski definition) is 3. The van der Waals surface area contributed by atoms with Gasteiger partial charge in [-0.05, 0) is 26.8 Å². The minimum absolute atomic E-state index is 0.0894. The number of carbonyl (C=O) groups is 1. The molecule has 114 valence electrons. The highest BCUT2D eigenvalue weighted by Crippen LogP contribution is 2.26. The van der Waals surface area contributed by atoms with Crippen LogP contribution in [0.2, 0.25) is 0 Å². The van der Waals surface area contributed by atoms with Crippen LogP contribution < -0.4 is 5.32 Å². The summed E-state index contributed by atoms with van der Waals surface area (Å²) >= 11 is 0. The third kappa shape index (κ3) is 3.33. The summed E-state index contributed by atoms with van der Waals surface area (Å²) in [6.45, 7) is 7.31. The number of aromatic nitrogens is 2. The largest absolute Gasteiger partial charge is 0.466 e.